The third kappa shape index (κ3) is 1.04. The smallest absolute Gasteiger partial charge is 0.0400 e. The summed E-state index contributed by atoms with van der Waals surface area (Å²) in [5.74, 6) is 0.849. The van der Waals surface area contributed by atoms with Crippen LogP contribution in [0.2, 0.25) is 0 Å². The first-order chi connectivity index (χ1) is 6.04. The predicted molar refractivity (Wildman–Crippen MR) is 56.9 cm³/mol. The zero-order valence-corrected chi connectivity index (χ0v) is 9.40. The minimum absolute atomic E-state index is 0.355. The van der Waals surface area contributed by atoms with Gasteiger partial charge in [0.1, 0.15) is 0 Å². The van der Waals surface area contributed by atoms with Gasteiger partial charge in [-0.1, -0.05) is 13.8 Å². The number of hydrogen-bond acceptors (Lipinski definition) is 1. The molecular weight excluding hydrogens is 182 g/mol. The zero-order chi connectivity index (χ0) is 9.69. The summed E-state index contributed by atoms with van der Waals surface area (Å²) < 4.78 is 0. The van der Waals surface area contributed by atoms with Crippen LogP contribution in [0.1, 0.15) is 39.5 Å². The third-order valence-electron chi connectivity index (χ3n) is 4.92. The van der Waals surface area contributed by atoms with Crippen molar-refractivity contribution in [2.75, 3.05) is 6.54 Å². The van der Waals surface area contributed by atoms with Crippen LogP contribution in [0.5, 0.6) is 0 Å². The van der Waals surface area contributed by atoms with E-state index >= 15 is 0 Å². The van der Waals surface area contributed by atoms with Crippen molar-refractivity contribution in [1.82, 2.24) is 0 Å². The molecule has 2 N–H and O–H groups in total. The molecule has 2 bridgehead atoms. The van der Waals surface area contributed by atoms with Gasteiger partial charge in [-0.05, 0) is 49.0 Å². The summed E-state index contributed by atoms with van der Waals surface area (Å²) in [6.45, 7) is 5.57. The summed E-state index contributed by atoms with van der Waals surface area (Å²) in [4.78, 5) is 0. The van der Waals surface area contributed by atoms with E-state index in [-0.39, 0.29) is 0 Å². The van der Waals surface area contributed by atoms with Crippen molar-refractivity contribution in [2.24, 2.45) is 22.5 Å². The van der Waals surface area contributed by atoms with Crippen molar-refractivity contribution in [2.45, 2.75) is 44.9 Å². The molecule has 0 heterocycles. The molecule has 0 aromatic rings. The van der Waals surface area contributed by atoms with E-state index < -0.39 is 0 Å². The largest absolute Gasteiger partial charge is 0.330 e. The monoisotopic (exact) mass is 201 g/mol. The highest BCUT2D eigenvalue weighted by Crippen LogP contribution is 2.68. The molecule has 1 nitrogen and oxygen atoms in total. The van der Waals surface area contributed by atoms with Gasteiger partial charge in [-0.25, -0.2) is 0 Å². The Morgan fingerprint density at radius 2 is 2.15 bits per heavy atom. The molecule has 2 heteroatoms. The second-order valence-electron chi connectivity index (χ2n) is 5.36. The molecule has 76 valence electrons. The third-order valence-corrected chi connectivity index (χ3v) is 5.52. The zero-order valence-electron chi connectivity index (χ0n) is 8.65. The van der Waals surface area contributed by atoms with E-state index in [1.54, 1.807) is 0 Å². The van der Waals surface area contributed by atoms with E-state index in [0.717, 1.165) is 18.9 Å². The molecule has 13 heavy (non-hydrogen) atoms. The standard InChI is InChI=1S/C11H20ClN/c1-10(2)8-3-4-11(10,5-6-13)9(12)7-8/h8-9H,3-7,13H2,1-2H3. The first-order valence-electron chi connectivity index (χ1n) is 5.39. The molecule has 2 saturated carbocycles. The molecule has 0 spiro atoms. The van der Waals surface area contributed by atoms with Crippen LogP contribution in [0.4, 0.5) is 0 Å². The van der Waals surface area contributed by atoms with Crippen LogP contribution in [-0.2, 0) is 0 Å². The predicted octanol–water partition coefficient (Wildman–Crippen LogP) is 2.77. The van der Waals surface area contributed by atoms with Crippen molar-refractivity contribution in [3.63, 3.8) is 0 Å². The lowest BCUT2D eigenvalue weighted by Gasteiger charge is -2.40. The molecule has 0 saturated heterocycles. The number of hydrogen-bond donors (Lipinski definition) is 1. The lowest BCUT2D eigenvalue weighted by molar-refractivity contribution is 0.122. The van der Waals surface area contributed by atoms with Gasteiger partial charge < -0.3 is 5.73 Å². The fraction of sp³-hybridized carbons (Fsp3) is 1.00. The maximum atomic E-state index is 6.47. The normalized spacial score (nSPS) is 47.1. The highest BCUT2D eigenvalue weighted by atomic mass is 35.5. The lowest BCUT2D eigenvalue weighted by Crippen LogP contribution is -2.38. The minimum Gasteiger partial charge on any atom is -0.330 e. The second-order valence-corrected chi connectivity index (χ2v) is 5.88. The summed E-state index contributed by atoms with van der Waals surface area (Å²) in [5, 5.41) is 0.379. The van der Waals surface area contributed by atoms with E-state index in [1.165, 1.54) is 19.3 Å². The quantitative estimate of drug-likeness (QED) is 0.684. The average molecular weight is 202 g/mol. The van der Waals surface area contributed by atoms with Gasteiger partial charge >= 0.3 is 0 Å². The van der Waals surface area contributed by atoms with Gasteiger partial charge in [0.15, 0.2) is 0 Å². The van der Waals surface area contributed by atoms with E-state index in [4.69, 9.17) is 17.3 Å². The van der Waals surface area contributed by atoms with E-state index in [2.05, 4.69) is 13.8 Å². The van der Waals surface area contributed by atoms with Crippen LogP contribution in [0.15, 0.2) is 0 Å². The Kier molecular flexibility index (Phi) is 2.16. The molecule has 2 aliphatic carbocycles. The molecule has 0 aromatic carbocycles. The number of rotatable bonds is 2. The van der Waals surface area contributed by atoms with Crippen LogP contribution < -0.4 is 5.73 Å². The minimum atomic E-state index is 0.355. The Labute approximate surface area is 86.0 Å². The highest BCUT2D eigenvalue weighted by molar-refractivity contribution is 6.21. The lowest BCUT2D eigenvalue weighted by atomic mass is 9.67. The van der Waals surface area contributed by atoms with Gasteiger partial charge in [-0.3, -0.25) is 0 Å². The van der Waals surface area contributed by atoms with Crippen LogP contribution in [0.25, 0.3) is 0 Å². The molecule has 0 amide bonds. The van der Waals surface area contributed by atoms with Gasteiger partial charge in [0.25, 0.3) is 0 Å². The van der Waals surface area contributed by atoms with Crippen LogP contribution in [-0.4, -0.2) is 11.9 Å². The second kappa shape index (κ2) is 2.87. The Morgan fingerprint density at radius 3 is 2.54 bits per heavy atom. The summed E-state index contributed by atoms with van der Waals surface area (Å²) in [6, 6.07) is 0. The van der Waals surface area contributed by atoms with Crippen molar-refractivity contribution in [3.05, 3.63) is 0 Å². The number of alkyl halides is 1. The van der Waals surface area contributed by atoms with Crippen molar-refractivity contribution in [1.29, 1.82) is 0 Å². The topological polar surface area (TPSA) is 26.0 Å². The molecule has 2 rings (SSSR count). The van der Waals surface area contributed by atoms with Gasteiger partial charge in [0.2, 0.25) is 0 Å². The van der Waals surface area contributed by atoms with Crippen molar-refractivity contribution >= 4 is 11.6 Å². The molecular formula is C11H20ClN. The van der Waals surface area contributed by atoms with Gasteiger partial charge in [0, 0.05) is 5.38 Å². The first kappa shape index (κ1) is 9.79. The van der Waals surface area contributed by atoms with Crippen molar-refractivity contribution < 1.29 is 0 Å². The Hall–Kier alpha value is 0.250. The molecule has 2 aliphatic rings. The van der Waals surface area contributed by atoms with Gasteiger partial charge in [0.05, 0.1) is 0 Å². The molecule has 3 atom stereocenters. The summed E-state index contributed by atoms with van der Waals surface area (Å²) in [6.07, 6.45) is 5.01. The van der Waals surface area contributed by atoms with Crippen LogP contribution in [0, 0.1) is 16.7 Å². The Bertz CT molecular complexity index is 214. The average Bonchev–Trinajstić information content (AvgIpc) is 2.38. The molecule has 0 radical (unpaired) electrons. The van der Waals surface area contributed by atoms with Crippen molar-refractivity contribution in [3.8, 4) is 0 Å². The SMILES string of the molecule is CC1(C)C2CCC1(CCN)C(Cl)C2. The molecule has 0 aliphatic heterocycles. The van der Waals surface area contributed by atoms with Crippen LogP contribution >= 0.6 is 11.6 Å². The maximum absolute atomic E-state index is 6.47. The van der Waals surface area contributed by atoms with Crippen LogP contribution in [0.3, 0.4) is 0 Å². The number of nitrogens with two attached hydrogens (primary N) is 1. The maximum Gasteiger partial charge on any atom is 0.0400 e. The highest BCUT2D eigenvalue weighted by Gasteiger charge is 2.62. The molecule has 2 fully saturated rings. The van der Waals surface area contributed by atoms with Gasteiger partial charge in [-0.2, -0.15) is 0 Å². The summed E-state index contributed by atoms with van der Waals surface area (Å²) >= 11 is 6.47. The van der Waals surface area contributed by atoms with Gasteiger partial charge in [-0.15, -0.1) is 11.6 Å². The fourth-order valence-corrected chi connectivity index (χ4v) is 4.55. The first-order valence-corrected chi connectivity index (χ1v) is 5.82. The van der Waals surface area contributed by atoms with E-state index in [9.17, 15) is 0 Å². The van der Waals surface area contributed by atoms with E-state index in [1.807, 2.05) is 0 Å². The fourth-order valence-electron chi connectivity index (χ4n) is 3.83. The molecule has 0 aromatic heterocycles. The Balaban J connectivity index is 2.31. The number of fused-ring (bicyclic) bond motifs is 2. The summed E-state index contributed by atoms with van der Waals surface area (Å²) in [7, 11) is 0. The summed E-state index contributed by atoms with van der Waals surface area (Å²) in [5.41, 5.74) is 6.50. The van der Waals surface area contributed by atoms with E-state index in [0.29, 0.717) is 16.2 Å². The number of halogens is 1. The Morgan fingerprint density at radius 1 is 1.46 bits per heavy atom. The molecule has 3 unspecified atom stereocenters.